The Morgan fingerprint density at radius 1 is 0.400 bits per heavy atom. The van der Waals surface area contributed by atoms with Crippen molar-refractivity contribution in [3.63, 3.8) is 0 Å². The zero-order chi connectivity index (χ0) is 20.8. The Morgan fingerprint density at radius 2 is 0.667 bits per heavy atom. The van der Waals surface area contributed by atoms with Gasteiger partial charge in [0, 0.05) is 0 Å². The Kier molecular flexibility index (Phi) is 7.61. The van der Waals surface area contributed by atoms with E-state index in [0.29, 0.717) is 0 Å². The van der Waals surface area contributed by atoms with E-state index in [0.717, 1.165) is 12.8 Å². The van der Waals surface area contributed by atoms with Crippen molar-refractivity contribution in [2.24, 2.45) is 0 Å². The first kappa shape index (κ1) is 21.6. The maximum atomic E-state index is 2.33. The topological polar surface area (TPSA) is 0 Å². The van der Waals surface area contributed by atoms with Crippen LogP contribution in [0, 0.1) is 28.1 Å². The van der Waals surface area contributed by atoms with Crippen LogP contribution in [0.3, 0.4) is 0 Å². The summed E-state index contributed by atoms with van der Waals surface area (Å²) in [6.45, 7) is 4.30. The van der Waals surface area contributed by atoms with E-state index in [1.807, 2.05) is 0 Å². The van der Waals surface area contributed by atoms with Crippen molar-refractivity contribution in [2.75, 3.05) is 0 Å². The predicted molar refractivity (Wildman–Crippen MR) is 117 cm³/mol. The monoisotopic (exact) mass is 616 g/mol. The molecule has 0 saturated heterocycles. The van der Waals surface area contributed by atoms with Crippen LogP contribution in [-0.4, -0.2) is 0 Å². The van der Waals surface area contributed by atoms with Gasteiger partial charge in [-0.2, -0.15) is 0 Å². The normalized spacial score (nSPS) is 11.1. The summed E-state index contributed by atoms with van der Waals surface area (Å²) in [5.41, 5.74) is 5.54. The van der Waals surface area contributed by atoms with Gasteiger partial charge in [-0.25, -0.2) is 0 Å². The van der Waals surface area contributed by atoms with E-state index in [-0.39, 0.29) is 42.4 Å². The van der Waals surface area contributed by atoms with E-state index in [4.69, 9.17) is 0 Å². The van der Waals surface area contributed by atoms with Gasteiger partial charge in [0.05, 0.1) is 0 Å². The van der Waals surface area contributed by atoms with Crippen LogP contribution in [0.4, 0.5) is 0 Å². The molecule has 0 aromatic heterocycles. The third-order valence-electron chi connectivity index (χ3n) is 4.99. The molecule has 4 aromatic carbocycles. The molecule has 0 radical (unpaired) electrons. The summed E-state index contributed by atoms with van der Waals surface area (Å²) in [6, 6.07) is 36.6. The third-order valence-corrected chi connectivity index (χ3v) is 10.4. The molecule has 0 amide bonds. The van der Waals surface area contributed by atoms with Crippen LogP contribution in [0.1, 0.15) is 22.3 Å². The van der Waals surface area contributed by atoms with Crippen LogP contribution >= 0.6 is 0 Å². The zero-order valence-electron chi connectivity index (χ0n) is 17.4. The predicted octanol–water partition coefficient (Wildman–Crippen LogP) is 0.345. The molecule has 0 aliphatic carbocycles. The van der Waals surface area contributed by atoms with E-state index in [1.165, 1.54) is 36.5 Å². The fourth-order valence-electron chi connectivity index (χ4n) is 3.16. The van der Waals surface area contributed by atoms with Gasteiger partial charge in [-0.05, 0) is 0 Å². The quantitative estimate of drug-likeness (QED) is 0.263. The molecule has 0 aliphatic rings. The SMILES string of the molecule is Cc1ccc([I-]c2ccc(CCc3ccc([I-]c4ccc(C)cc4)cc3)cc2)cc1. The van der Waals surface area contributed by atoms with Crippen LogP contribution in [0.15, 0.2) is 97.1 Å². The van der Waals surface area contributed by atoms with E-state index >= 15 is 0 Å². The van der Waals surface area contributed by atoms with Gasteiger partial charge >= 0.3 is 203 Å². The Balaban J connectivity index is 1.29. The first-order valence-electron chi connectivity index (χ1n) is 10.2. The molecule has 0 N–H and O–H groups in total. The van der Waals surface area contributed by atoms with Gasteiger partial charge in [0.1, 0.15) is 0 Å². The molecule has 0 aliphatic heterocycles. The number of hydrogen-bond donors (Lipinski definition) is 0. The molecule has 30 heavy (non-hydrogen) atoms. The first-order valence-corrected chi connectivity index (χ1v) is 14.6. The first-order chi connectivity index (χ1) is 14.6. The molecule has 154 valence electrons. The van der Waals surface area contributed by atoms with Crippen molar-refractivity contribution in [2.45, 2.75) is 26.7 Å². The van der Waals surface area contributed by atoms with Crippen molar-refractivity contribution in [1.82, 2.24) is 0 Å². The number of benzene rings is 4. The van der Waals surface area contributed by atoms with E-state index in [2.05, 4.69) is 111 Å². The van der Waals surface area contributed by atoms with Crippen molar-refractivity contribution in [3.8, 4) is 0 Å². The molecular formula is C28H26I2-2. The summed E-state index contributed by atoms with van der Waals surface area (Å²) in [6.07, 6.45) is 2.21. The Morgan fingerprint density at radius 3 is 0.967 bits per heavy atom. The second-order valence-corrected chi connectivity index (χ2v) is 13.6. The number of aryl methyl sites for hydroxylation is 4. The fraction of sp³-hybridized carbons (Fsp3) is 0.143. The summed E-state index contributed by atoms with van der Waals surface area (Å²) < 4.78 is 5.96. The van der Waals surface area contributed by atoms with Gasteiger partial charge < -0.3 is 0 Å². The van der Waals surface area contributed by atoms with Crippen molar-refractivity contribution in [3.05, 3.63) is 134 Å². The van der Waals surface area contributed by atoms with Gasteiger partial charge in [-0.3, -0.25) is 0 Å². The van der Waals surface area contributed by atoms with Gasteiger partial charge in [-0.1, -0.05) is 0 Å². The second-order valence-electron chi connectivity index (χ2n) is 7.53. The molecule has 0 fully saturated rings. The molecule has 0 nitrogen and oxygen atoms in total. The minimum atomic E-state index is -0.0756. The Hall–Kier alpha value is -1.66. The summed E-state index contributed by atoms with van der Waals surface area (Å²) in [4.78, 5) is 0. The van der Waals surface area contributed by atoms with Crippen molar-refractivity contribution >= 4 is 0 Å². The van der Waals surface area contributed by atoms with Gasteiger partial charge in [-0.15, -0.1) is 0 Å². The molecule has 0 bridgehead atoms. The summed E-state index contributed by atoms with van der Waals surface area (Å²) in [5.74, 6) is 0. The summed E-state index contributed by atoms with van der Waals surface area (Å²) >= 11 is -0.151. The number of halogens is 2. The van der Waals surface area contributed by atoms with Crippen molar-refractivity contribution in [1.29, 1.82) is 0 Å². The zero-order valence-corrected chi connectivity index (χ0v) is 21.7. The molecule has 0 unspecified atom stereocenters. The Labute approximate surface area is 201 Å². The van der Waals surface area contributed by atoms with Crippen LogP contribution in [0.5, 0.6) is 0 Å². The third kappa shape index (κ3) is 6.42. The number of rotatable bonds is 7. The van der Waals surface area contributed by atoms with Gasteiger partial charge in [0.15, 0.2) is 0 Å². The minimum absolute atomic E-state index is 0.0756. The van der Waals surface area contributed by atoms with Gasteiger partial charge in [0.2, 0.25) is 0 Å². The number of hydrogen-bond acceptors (Lipinski definition) is 0. The molecule has 2 heteroatoms. The van der Waals surface area contributed by atoms with Crippen LogP contribution in [-0.2, 0) is 12.8 Å². The molecule has 0 spiro atoms. The molecule has 0 atom stereocenters. The standard InChI is InChI=1S/C28H26I2/c1-21-3-13-25(14-4-21)29-27-17-9-23(10-18-27)7-8-24-11-19-28(20-12-24)30-26-15-5-22(2)6-16-26/h3-6,9-20H,7-8H2,1-2H3/q-2. The molecule has 0 heterocycles. The average Bonchev–Trinajstić information content (AvgIpc) is 2.77. The van der Waals surface area contributed by atoms with Crippen molar-refractivity contribution < 1.29 is 42.4 Å². The molecular weight excluding hydrogens is 590 g/mol. The van der Waals surface area contributed by atoms with E-state index < -0.39 is 0 Å². The van der Waals surface area contributed by atoms with Crippen LogP contribution < -0.4 is 42.4 Å². The Bertz CT molecular complexity index is 971. The summed E-state index contributed by atoms with van der Waals surface area (Å²) in [5, 5.41) is 0. The van der Waals surface area contributed by atoms with E-state index in [9.17, 15) is 0 Å². The second kappa shape index (κ2) is 10.6. The fourth-order valence-corrected chi connectivity index (χ4v) is 7.48. The van der Waals surface area contributed by atoms with Gasteiger partial charge in [0.25, 0.3) is 0 Å². The van der Waals surface area contributed by atoms with E-state index in [1.54, 1.807) is 0 Å². The maximum absolute atomic E-state index is 2.33. The average molecular weight is 616 g/mol. The molecule has 4 rings (SSSR count). The summed E-state index contributed by atoms with van der Waals surface area (Å²) in [7, 11) is 0. The molecule has 4 aromatic rings. The van der Waals surface area contributed by atoms with Crippen LogP contribution in [0.25, 0.3) is 0 Å². The van der Waals surface area contributed by atoms with Crippen LogP contribution in [0.2, 0.25) is 0 Å². The molecule has 0 saturated carbocycles.